The Hall–Kier alpha value is -12.1. The summed E-state index contributed by atoms with van der Waals surface area (Å²) in [6, 6.07) is 18.7. The number of Topliss-reactive ketones (excluding diaryl/α,β-unsaturated/α-hetero) is 2. The number of carbonyl (C=O) groups is 20. The first-order valence-corrected chi connectivity index (χ1v) is 47.0. The number of esters is 2. The number of benzene rings is 3. The molecule has 0 bridgehead atoms. The minimum absolute atomic E-state index is 0.0369. The van der Waals surface area contributed by atoms with E-state index >= 15 is 0 Å². The maximum atomic E-state index is 14.3. The molecule has 8 atom stereocenters. The number of urea groups is 2. The highest BCUT2D eigenvalue weighted by atomic mass is 16.5. The van der Waals surface area contributed by atoms with Gasteiger partial charge in [0, 0.05) is 153 Å². The highest BCUT2D eigenvalue weighted by Crippen LogP contribution is 2.40. The summed E-state index contributed by atoms with van der Waals surface area (Å²) in [4.78, 5) is 270. The number of primary amides is 2. The van der Waals surface area contributed by atoms with Crippen LogP contribution >= 0.6 is 0 Å². The number of hydrogen-bond acceptors (Lipinski definition) is 22. The summed E-state index contributed by atoms with van der Waals surface area (Å²) >= 11 is 0. The normalized spacial score (nSPS) is 17.5. The van der Waals surface area contributed by atoms with Crippen LogP contribution in [0.5, 0.6) is 0 Å². The van der Waals surface area contributed by atoms with E-state index in [2.05, 4.69) is 31.9 Å². The van der Waals surface area contributed by atoms with Crippen molar-refractivity contribution >= 4 is 130 Å². The molecule has 4 fully saturated rings. The van der Waals surface area contributed by atoms with Crippen LogP contribution in [0.15, 0.2) is 78.9 Å². The van der Waals surface area contributed by atoms with Crippen molar-refractivity contribution in [3.63, 3.8) is 0 Å². The minimum Gasteiger partial charge on any atom is -0.460 e. The molecule has 0 spiro atoms. The Kier molecular flexibility index (Phi) is 41.0. The molecule has 4 aliphatic heterocycles. The third-order valence-corrected chi connectivity index (χ3v) is 24.8. The average Bonchev–Trinajstić information content (AvgIpc) is 1.67. The number of ether oxygens (including phenoxy) is 2. The summed E-state index contributed by atoms with van der Waals surface area (Å²) < 4.78 is 10.8. The maximum Gasteiger partial charge on any atom is 0.312 e. The van der Waals surface area contributed by atoms with Crippen LogP contribution in [-0.4, -0.2) is 225 Å². The second-order valence-corrected chi connectivity index (χ2v) is 42.5. The van der Waals surface area contributed by atoms with Crippen molar-refractivity contribution < 1.29 is 105 Å². The molecular formula is C100H146N14O22. The lowest BCUT2D eigenvalue weighted by Crippen LogP contribution is -2.47. The van der Waals surface area contributed by atoms with Crippen LogP contribution in [0.25, 0.3) is 0 Å². The Bertz CT molecular complexity index is 4710. The topological polar surface area (TPSA) is 504 Å². The number of anilines is 2. The zero-order valence-corrected chi connectivity index (χ0v) is 83.1. The van der Waals surface area contributed by atoms with Crippen LogP contribution in [0.3, 0.4) is 0 Å². The molecule has 3 aromatic rings. The van der Waals surface area contributed by atoms with Crippen molar-refractivity contribution in [1.29, 1.82) is 0 Å². The number of rotatable bonds is 45. The predicted octanol–water partition coefficient (Wildman–Crippen LogP) is 9.25. The van der Waals surface area contributed by atoms with Gasteiger partial charge in [0.2, 0.25) is 82.7 Å². The number of nitrogens with two attached hydrogens (primary N) is 2. The third-order valence-electron chi connectivity index (χ3n) is 24.8. The van der Waals surface area contributed by atoms with Crippen LogP contribution in [0, 0.1) is 73.9 Å². The molecule has 0 radical (unpaired) electrons. The van der Waals surface area contributed by atoms with E-state index in [1.54, 1.807) is 134 Å². The van der Waals surface area contributed by atoms with Gasteiger partial charge in [-0.05, 0) is 142 Å². The van der Waals surface area contributed by atoms with Gasteiger partial charge in [0.1, 0.15) is 13.2 Å². The van der Waals surface area contributed by atoms with Crippen LogP contribution < -0.4 is 43.4 Å². The standard InChI is InChI=1S/C52H73N7O11.C48H73N7O11/c1-50(2,3)37-30-43(63)58(46(37)66)26-24-57(25-27-59-44(64)31-38(47(59)67)51(4,5)6)42(62)22-21-41(61)56-39(28-33-14-11-10-12-15-33)40(60)29-35(16-13-23-54-49(53)69)45(65)55-36-19-17-34(18-20-36)32-70-48(68)52(7,8)9;1-29(2)40(35(56)25-31(13-12-20-50-45(49)65)41(61)51-32-16-14-30(15-17-32)28-66-44(64)48(9,10)11)52-36(57)18-19-37(58)53(21-23-54-38(59)26-33(42(54)62)46(3,4)5)22-24-55-39(60)27-34(43(55)63)47(6,7)8/h10-12,14-15,17-20,35,37-39H,13,16,21-32H2,1-9H3,(H,55,65)(H,56,61)(H3,53,54,69);14-17,29,31,33-34,40H,12-13,18-28H2,1-11H3,(H,51,61)(H,52,57)(H3,49,50,65)/t35-,37?,38?,39-;31-,33?,34?,40+/m11/s1. The summed E-state index contributed by atoms with van der Waals surface area (Å²) in [5.41, 5.74) is 10.2. The first-order chi connectivity index (χ1) is 63.2. The zero-order valence-electron chi connectivity index (χ0n) is 83.1. The van der Waals surface area contributed by atoms with Gasteiger partial charge >= 0.3 is 24.0 Å². The molecule has 136 heavy (non-hydrogen) atoms. The average molecular weight is 1900 g/mol. The molecule has 748 valence electrons. The zero-order chi connectivity index (χ0) is 102. The van der Waals surface area contributed by atoms with Gasteiger partial charge in [-0.1, -0.05) is 152 Å². The van der Waals surface area contributed by atoms with Gasteiger partial charge in [0.25, 0.3) is 0 Å². The summed E-state index contributed by atoms with van der Waals surface area (Å²) in [6.07, 6.45) is -0.677. The van der Waals surface area contributed by atoms with Crippen LogP contribution in [-0.2, 0) is 115 Å². The SMILES string of the molecule is CC(C)(C)C(=O)OCc1ccc(NC(=O)[C@H](CCCNC(N)=O)CC(=O)[C@@H](Cc2ccccc2)NC(=O)CCC(=O)N(CCN2C(=O)CC(C(C)(C)C)C2=O)CCN2C(=O)CC(C(C)(C)C)C2=O)cc1.CC(C)[C@H](NC(=O)CCC(=O)N(CCN1C(=O)CC(C(C)(C)C)C1=O)CCN1C(=O)CC(C(C)(C)C)C1=O)C(=O)C[C@@H](CCCNC(N)=O)C(=O)Nc1ccc(COC(=O)C(C)(C)C)cc1. The van der Waals surface area contributed by atoms with Crippen molar-refractivity contribution in [3.05, 3.63) is 95.6 Å². The fourth-order valence-corrected chi connectivity index (χ4v) is 16.1. The second-order valence-electron chi connectivity index (χ2n) is 42.5. The highest BCUT2D eigenvalue weighted by Gasteiger charge is 2.49. The molecule has 0 aromatic heterocycles. The Morgan fingerprint density at radius 1 is 0.404 bits per heavy atom. The van der Waals surface area contributed by atoms with E-state index in [1.165, 1.54) is 9.80 Å². The maximum absolute atomic E-state index is 14.3. The smallest absolute Gasteiger partial charge is 0.312 e. The van der Waals surface area contributed by atoms with Crippen LogP contribution in [0.4, 0.5) is 21.0 Å². The van der Waals surface area contributed by atoms with Crippen LogP contribution in [0.1, 0.15) is 245 Å². The van der Waals surface area contributed by atoms with E-state index in [4.69, 9.17) is 20.9 Å². The van der Waals surface area contributed by atoms with E-state index in [-0.39, 0.29) is 221 Å². The Labute approximate surface area is 798 Å². The Morgan fingerprint density at radius 3 is 1.00 bits per heavy atom. The summed E-state index contributed by atoms with van der Waals surface area (Å²) in [5, 5.41) is 16.2. The molecular weight excluding hydrogens is 1750 g/mol. The summed E-state index contributed by atoms with van der Waals surface area (Å²) in [6.45, 7) is 36.1. The van der Waals surface area contributed by atoms with E-state index in [0.717, 1.165) is 25.2 Å². The minimum atomic E-state index is -1.11. The lowest BCUT2D eigenvalue weighted by atomic mass is 9.80. The molecule has 3 aromatic carbocycles. The Balaban J connectivity index is 0.000000418. The molecule has 4 saturated heterocycles. The monoisotopic (exact) mass is 1900 g/mol. The molecule has 18 amide bonds. The lowest BCUT2D eigenvalue weighted by molar-refractivity contribution is -0.155. The second kappa shape index (κ2) is 49.6. The van der Waals surface area contributed by atoms with Gasteiger partial charge in [-0.15, -0.1) is 0 Å². The van der Waals surface area contributed by atoms with Crippen molar-refractivity contribution in [2.75, 3.05) is 76.1 Å². The van der Waals surface area contributed by atoms with E-state index in [0.29, 0.717) is 35.3 Å². The third kappa shape index (κ3) is 34.9. The molecule has 0 aliphatic carbocycles. The number of imide groups is 4. The van der Waals surface area contributed by atoms with E-state index < -0.39 is 145 Å². The number of likely N-dealkylation sites (tertiary alicyclic amines) is 4. The summed E-state index contributed by atoms with van der Waals surface area (Å²) in [7, 11) is 0. The van der Waals surface area contributed by atoms with Gasteiger partial charge in [-0.3, -0.25) is 106 Å². The summed E-state index contributed by atoms with van der Waals surface area (Å²) in [5.74, 6) is -11.9. The number of nitrogens with one attached hydrogen (secondary N) is 6. The number of carbonyl (C=O) groups excluding carboxylic acids is 20. The first kappa shape index (κ1) is 113. The number of amides is 18. The molecule has 4 unspecified atom stereocenters. The van der Waals surface area contributed by atoms with Crippen molar-refractivity contribution in [3.8, 4) is 0 Å². The van der Waals surface area contributed by atoms with E-state index in [1.807, 2.05) is 83.1 Å². The predicted molar refractivity (Wildman–Crippen MR) is 506 cm³/mol. The Morgan fingerprint density at radius 2 is 0.713 bits per heavy atom. The molecule has 4 heterocycles. The van der Waals surface area contributed by atoms with Crippen molar-refractivity contribution in [2.45, 2.75) is 260 Å². The van der Waals surface area contributed by atoms with Crippen molar-refractivity contribution in [1.82, 2.24) is 50.7 Å². The number of nitrogens with zero attached hydrogens (tertiary/aromatic N) is 6. The number of ketones is 2. The number of hydrogen-bond donors (Lipinski definition) is 8. The first-order valence-electron chi connectivity index (χ1n) is 47.0. The van der Waals surface area contributed by atoms with Gasteiger partial charge in [-0.25, -0.2) is 9.59 Å². The molecule has 36 heteroatoms. The molecule has 4 aliphatic rings. The fraction of sp³-hybridized carbons (Fsp3) is 0.620. The lowest BCUT2D eigenvalue weighted by Gasteiger charge is -2.29. The van der Waals surface area contributed by atoms with Crippen LogP contribution in [0.2, 0.25) is 0 Å². The van der Waals surface area contributed by atoms with Gasteiger partial charge < -0.3 is 62.6 Å². The molecule has 7 rings (SSSR count). The van der Waals surface area contributed by atoms with Gasteiger partial charge in [0.05, 0.1) is 46.6 Å². The molecule has 10 N–H and O–H groups in total. The van der Waals surface area contributed by atoms with E-state index in [9.17, 15) is 95.9 Å². The quantitative estimate of drug-likeness (QED) is 0.0148. The fourth-order valence-electron chi connectivity index (χ4n) is 16.1. The largest absolute Gasteiger partial charge is 0.460 e. The molecule has 36 nitrogen and oxygen atoms in total. The van der Waals surface area contributed by atoms with Gasteiger partial charge in [0.15, 0.2) is 11.6 Å². The van der Waals surface area contributed by atoms with Crippen molar-refractivity contribution in [2.24, 2.45) is 85.4 Å². The highest BCUT2D eigenvalue weighted by molar-refractivity contribution is 6.07. The molecule has 0 saturated carbocycles. The van der Waals surface area contributed by atoms with Gasteiger partial charge in [-0.2, -0.15) is 0 Å².